The normalized spacial score (nSPS) is 10.9. The molecule has 0 aliphatic rings. The molecule has 5 aromatic carbocycles. The van der Waals surface area contributed by atoms with E-state index >= 15 is 0 Å². The van der Waals surface area contributed by atoms with Crippen LogP contribution in [0.5, 0.6) is 11.5 Å². The van der Waals surface area contributed by atoms with Crippen LogP contribution in [0.2, 0.25) is 0 Å². The van der Waals surface area contributed by atoms with Gasteiger partial charge in [0.15, 0.2) is 11.6 Å². The maximum atomic E-state index is 13.6. The van der Waals surface area contributed by atoms with Gasteiger partial charge in [0, 0.05) is 12.8 Å². The minimum atomic E-state index is -4.39. The Kier molecular flexibility index (Phi) is 11.9. The van der Waals surface area contributed by atoms with E-state index in [2.05, 4.69) is 18.2 Å². The molecule has 0 saturated heterocycles. The van der Waals surface area contributed by atoms with Gasteiger partial charge in [-0.15, -0.1) is 0 Å². The standard InChI is InChI=1S/C35H28F2N2O5S.Na/c36-32-14-13-31(21-33(32)37)45(41,42)39-35(40)15-12-28-11-9-26(23-44-30-7-3-4-25(19-30)22-38)20-34(28)43-17-16-24-8-10-27-5-1-2-6-29(27)18-24;/h1-11,13-14,18-21H,12,15-17,23H2,(H,39,40);/q;+1. The Hall–Kier alpha value is -4.27. The Bertz CT molecular complexity index is 2010. The number of rotatable bonds is 12. The molecule has 1 N–H and O–H groups in total. The predicted molar refractivity (Wildman–Crippen MR) is 165 cm³/mol. The van der Waals surface area contributed by atoms with Crippen LogP contribution in [0, 0.1) is 23.0 Å². The Labute approximate surface area is 288 Å². The number of hydrogen-bond acceptors (Lipinski definition) is 6. The average molecular weight is 650 g/mol. The van der Waals surface area contributed by atoms with Gasteiger partial charge < -0.3 is 9.47 Å². The fraction of sp³-hybridized carbons (Fsp3) is 0.143. The SMILES string of the molecule is N#Cc1cccc(OCc2ccc(CCC(=O)NS(=O)(=O)c3ccc(F)c(F)c3)c(OCCc3ccc4ccccc4c3)c2)c1.[Na+]. The molecule has 0 bridgehead atoms. The van der Waals surface area contributed by atoms with Crippen LogP contribution in [-0.2, 0) is 34.3 Å². The summed E-state index contributed by atoms with van der Waals surface area (Å²) in [5.41, 5.74) is 3.02. The number of carbonyl (C=O) groups excluding carboxylic acids is 1. The number of hydrogen-bond donors (Lipinski definition) is 1. The molecule has 46 heavy (non-hydrogen) atoms. The van der Waals surface area contributed by atoms with E-state index in [1.807, 2.05) is 41.1 Å². The summed E-state index contributed by atoms with van der Waals surface area (Å²) in [6.45, 7) is 0.541. The van der Waals surface area contributed by atoms with E-state index in [-0.39, 0.29) is 49.0 Å². The molecule has 5 aromatic rings. The molecule has 0 heterocycles. The molecule has 5 rings (SSSR count). The molecule has 0 radical (unpaired) electrons. The van der Waals surface area contributed by atoms with Crippen LogP contribution in [0.3, 0.4) is 0 Å². The van der Waals surface area contributed by atoms with Crippen molar-refractivity contribution >= 4 is 26.7 Å². The first-order chi connectivity index (χ1) is 21.7. The van der Waals surface area contributed by atoms with Crippen LogP contribution in [0.1, 0.15) is 28.7 Å². The van der Waals surface area contributed by atoms with E-state index < -0.39 is 32.5 Å². The van der Waals surface area contributed by atoms with Crippen LogP contribution in [0.4, 0.5) is 8.78 Å². The Morgan fingerprint density at radius 1 is 0.783 bits per heavy atom. The molecule has 0 aliphatic heterocycles. The smallest absolute Gasteiger partial charge is 0.493 e. The fourth-order valence-electron chi connectivity index (χ4n) is 4.68. The van der Waals surface area contributed by atoms with E-state index in [9.17, 15) is 22.0 Å². The van der Waals surface area contributed by atoms with Crippen molar-refractivity contribution < 1.29 is 61.0 Å². The number of halogens is 2. The van der Waals surface area contributed by atoms with E-state index in [4.69, 9.17) is 14.7 Å². The summed E-state index contributed by atoms with van der Waals surface area (Å²) < 4.78 is 65.9. The number of aryl methyl sites for hydroxylation is 1. The average Bonchev–Trinajstić information content (AvgIpc) is 3.04. The van der Waals surface area contributed by atoms with Gasteiger partial charge in [-0.3, -0.25) is 4.79 Å². The first-order valence-electron chi connectivity index (χ1n) is 14.1. The van der Waals surface area contributed by atoms with E-state index in [0.717, 1.165) is 28.0 Å². The van der Waals surface area contributed by atoms with Crippen molar-refractivity contribution in [2.45, 2.75) is 30.8 Å². The minimum Gasteiger partial charge on any atom is -0.493 e. The summed E-state index contributed by atoms with van der Waals surface area (Å²) in [5, 5.41) is 11.4. The zero-order chi connectivity index (χ0) is 31.8. The number of sulfonamides is 1. The number of amides is 1. The van der Waals surface area contributed by atoms with Gasteiger partial charge in [-0.1, -0.05) is 60.7 Å². The Morgan fingerprint density at radius 3 is 2.35 bits per heavy atom. The second-order valence-electron chi connectivity index (χ2n) is 10.3. The molecule has 0 unspecified atom stereocenters. The van der Waals surface area contributed by atoms with Crippen molar-refractivity contribution in [1.29, 1.82) is 5.26 Å². The molecule has 0 saturated carbocycles. The summed E-state index contributed by atoms with van der Waals surface area (Å²) in [4.78, 5) is 12.1. The van der Waals surface area contributed by atoms with E-state index in [1.165, 1.54) is 0 Å². The van der Waals surface area contributed by atoms with Gasteiger partial charge in [-0.05, 0) is 76.3 Å². The number of nitriles is 1. The monoisotopic (exact) mass is 649 g/mol. The third-order valence-corrected chi connectivity index (χ3v) is 8.40. The number of nitrogens with one attached hydrogen (secondary N) is 1. The van der Waals surface area contributed by atoms with Crippen molar-refractivity contribution in [3.8, 4) is 17.6 Å². The molecular formula is C35H28F2N2NaO5S+. The van der Waals surface area contributed by atoms with Crippen LogP contribution >= 0.6 is 0 Å². The van der Waals surface area contributed by atoms with Crippen LogP contribution in [-0.4, -0.2) is 20.9 Å². The number of carbonyl (C=O) groups is 1. The summed E-state index contributed by atoms with van der Waals surface area (Å²) >= 11 is 0. The van der Waals surface area contributed by atoms with E-state index in [0.29, 0.717) is 47.8 Å². The second kappa shape index (κ2) is 15.8. The molecule has 228 valence electrons. The zero-order valence-electron chi connectivity index (χ0n) is 25.0. The minimum absolute atomic E-state index is 0. The van der Waals surface area contributed by atoms with Crippen molar-refractivity contribution in [3.63, 3.8) is 0 Å². The number of nitrogens with zero attached hydrogens (tertiary/aromatic N) is 1. The molecule has 11 heteroatoms. The predicted octanol–water partition coefficient (Wildman–Crippen LogP) is 3.63. The summed E-state index contributed by atoms with van der Waals surface area (Å²) in [7, 11) is -4.39. The molecule has 0 atom stereocenters. The molecule has 0 aromatic heterocycles. The van der Waals surface area contributed by atoms with Crippen molar-refractivity contribution in [2.24, 2.45) is 0 Å². The topological polar surface area (TPSA) is 105 Å². The van der Waals surface area contributed by atoms with Crippen LogP contribution in [0.15, 0.2) is 108 Å². The third kappa shape index (κ3) is 9.14. The van der Waals surface area contributed by atoms with Gasteiger partial charge in [0.25, 0.3) is 10.0 Å². The molecule has 0 aliphatic carbocycles. The van der Waals surface area contributed by atoms with Crippen molar-refractivity contribution in [1.82, 2.24) is 4.72 Å². The van der Waals surface area contributed by atoms with Crippen LogP contribution < -0.4 is 43.8 Å². The van der Waals surface area contributed by atoms with Gasteiger partial charge in [0.1, 0.15) is 18.1 Å². The Morgan fingerprint density at radius 2 is 1.57 bits per heavy atom. The fourth-order valence-corrected chi connectivity index (χ4v) is 5.70. The number of fused-ring (bicyclic) bond motifs is 1. The van der Waals surface area contributed by atoms with Gasteiger partial charge in [0.05, 0.1) is 23.1 Å². The molecular weight excluding hydrogens is 621 g/mol. The van der Waals surface area contributed by atoms with Crippen molar-refractivity contribution in [3.05, 3.63) is 137 Å². The molecule has 1 amide bonds. The second-order valence-corrected chi connectivity index (χ2v) is 11.9. The summed E-state index contributed by atoms with van der Waals surface area (Å²) in [6, 6.07) is 30.7. The molecule has 7 nitrogen and oxygen atoms in total. The third-order valence-electron chi connectivity index (χ3n) is 7.03. The largest absolute Gasteiger partial charge is 1.00 e. The van der Waals surface area contributed by atoms with Gasteiger partial charge >= 0.3 is 29.6 Å². The Balaban J connectivity index is 0.00000480. The number of benzene rings is 5. The van der Waals surface area contributed by atoms with Gasteiger partial charge in [-0.2, -0.15) is 5.26 Å². The van der Waals surface area contributed by atoms with Gasteiger partial charge in [-0.25, -0.2) is 21.9 Å². The first kappa shape index (κ1) is 34.6. The molecule has 0 spiro atoms. The maximum absolute atomic E-state index is 13.6. The van der Waals surface area contributed by atoms with Gasteiger partial charge in [0.2, 0.25) is 5.91 Å². The summed E-state index contributed by atoms with van der Waals surface area (Å²) in [5.74, 6) is -2.29. The molecule has 0 fully saturated rings. The van der Waals surface area contributed by atoms with Crippen LogP contribution in [0.25, 0.3) is 10.8 Å². The van der Waals surface area contributed by atoms with E-state index in [1.54, 1.807) is 36.4 Å². The first-order valence-corrected chi connectivity index (χ1v) is 15.5. The zero-order valence-corrected chi connectivity index (χ0v) is 27.8. The maximum Gasteiger partial charge on any atom is 1.00 e. The summed E-state index contributed by atoms with van der Waals surface area (Å²) in [6.07, 6.45) is 0.565. The van der Waals surface area contributed by atoms with Crippen molar-refractivity contribution in [2.75, 3.05) is 6.61 Å². The number of ether oxygens (including phenoxy) is 2. The quantitative estimate of drug-likeness (QED) is 0.207.